The van der Waals surface area contributed by atoms with Crippen LogP contribution >= 0.6 is 0 Å². The first-order chi connectivity index (χ1) is 13.2. The number of fused-ring (bicyclic) bond motifs is 3. The Bertz CT molecular complexity index is 1290. The van der Waals surface area contributed by atoms with Crippen LogP contribution in [-0.4, -0.2) is 19.6 Å². The average Bonchev–Trinajstić information content (AvgIpc) is 3.06. The van der Waals surface area contributed by atoms with Crippen LogP contribution in [-0.2, 0) is 0 Å². The molecular weight excluding hydrogens is 343 g/mol. The minimum absolute atomic E-state index is 0.266. The van der Waals surface area contributed by atoms with E-state index in [2.05, 4.69) is 10.2 Å². The van der Waals surface area contributed by atoms with Crippen LogP contribution in [0.2, 0.25) is 0 Å². The number of benzene rings is 3. The third kappa shape index (κ3) is 2.42. The smallest absolute Gasteiger partial charge is 0.265 e. The van der Waals surface area contributed by atoms with E-state index in [4.69, 9.17) is 0 Å². The number of hydrogen-bond donors (Lipinski definition) is 0. The zero-order valence-corrected chi connectivity index (χ0v) is 14.1. The number of halogens is 1. The van der Waals surface area contributed by atoms with E-state index in [1.807, 2.05) is 54.6 Å². The second kappa shape index (κ2) is 5.88. The zero-order chi connectivity index (χ0) is 18.4. The van der Waals surface area contributed by atoms with Gasteiger partial charge in [0.05, 0.1) is 16.9 Å². The van der Waals surface area contributed by atoms with Crippen LogP contribution in [0.15, 0.2) is 83.7 Å². The summed E-state index contributed by atoms with van der Waals surface area (Å²) in [6, 6.07) is 22.8. The molecule has 0 amide bonds. The highest BCUT2D eigenvalue weighted by Gasteiger charge is 2.22. The van der Waals surface area contributed by atoms with Crippen molar-refractivity contribution < 1.29 is 4.39 Å². The van der Waals surface area contributed by atoms with E-state index < -0.39 is 0 Å². The molecule has 0 fully saturated rings. The average molecular weight is 356 g/mol. The van der Waals surface area contributed by atoms with Crippen LogP contribution in [0, 0.1) is 5.82 Å². The summed E-state index contributed by atoms with van der Waals surface area (Å²) in [4.78, 5) is 13.0. The number of hydrogen-bond acceptors (Lipinski definition) is 3. The lowest BCUT2D eigenvalue weighted by molar-refractivity contribution is 0.627. The number of rotatable bonds is 2. The van der Waals surface area contributed by atoms with Gasteiger partial charge in [0, 0.05) is 5.39 Å². The fourth-order valence-electron chi connectivity index (χ4n) is 3.20. The molecular formula is C21H13FN4O. The van der Waals surface area contributed by atoms with E-state index in [0.29, 0.717) is 17.1 Å². The van der Waals surface area contributed by atoms with Crippen LogP contribution in [0.5, 0.6) is 0 Å². The molecule has 27 heavy (non-hydrogen) atoms. The predicted octanol–water partition coefficient (Wildman–Crippen LogP) is 3.82. The van der Waals surface area contributed by atoms with Crippen LogP contribution in [0.4, 0.5) is 4.39 Å². The van der Waals surface area contributed by atoms with Crippen molar-refractivity contribution in [3.05, 3.63) is 95.0 Å². The SMILES string of the molecule is O=c1c2nn(-c3ccc(F)cc3)c3ccccc3c-2nn1-c1ccccc1. The molecule has 0 atom stereocenters. The first-order valence-corrected chi connectivity index (χ1v) is 8.44. The fraction of sp³-hybridized carbons (Fsp3) is 0. The summed E-state index contributed by atoms with van der Waals surface area (Å²) in [7, 11) is 0. The summed E-state index contributed by atoms with van der Waals surface area (Å²) < 4.78 is 16.3. The summed E-state index contributed by atoms with van der Waals surface area (Å²) in [5.74, 6) is -0.328. The molecule has 6 heteroatoms. The molecule has 3 aromatic rings. The van der Waals surface area contributed by atoms with Crippen molar-refractivity contribution in [1.82, 2.24) is 19.6 Å². The molecule has 2 aliphatic heterocycles. The highest BCUT2D eigenvalue weighted by Crippen LogP contribution is 2.27. The minimum Gasteiger partial charge on any atom is -0.265 e. The van der Waals surface area contributed by atoms with Gasteiger partial charge >= 0.3 is 5.56 Å². The summed E-state index contributed by atoms with van der Waals surface area (Å²) in [5, 5.41) is 9.88. The van der Waals surface area contributed by atoms with E-state index in [1.165, 1.54) is 16.8 Å². The van der Waals surface area contributed by atoms with Crippen molar-refractivity contribution in [2.45, 2.75) is 0 Å². The van der Waals surface area contributed by atoms with E-state index in [1.54, 1.807) is 16.8 Å². The van der Waals surface area contributed by atoms with Crippen molar-refractivity contribution in [3.8, 4) is 22.8 Å². The molecule has 3 aromatic carbocycles. The van der Waals surface area contributed by atoms with Crippen molar-refractivity contribution in [2.24, 2.45) is 0 Å². The van der Waals surface area contributed by atoms with Crippen LogP contribution in [0.25, 0.3) is 33.7 Å². The maximum absolute atomic E-state index is 13.3. The summed E-state index contributed by atoms with van der Waals surface area (Å²) in [5.41, 5.74) is 2.64. The highest BCUT2D eigenvalue weighted by atomic mass is 19.1. The molecule has 0 aliphatic carbocycles. The third-order valence-electron chi connectivity index (χ3n) is 4.48. The Balaban J connectivity index is 1.87. The molecule has 0 radical (unpaired) electrons. The maximum atomic E-state index is 13.3. The van der Waals surface area contributed by atoms with Gasteiger partial charge < -0.3 is 0 Å². The van der Waals surface area contributed by atoms with E-state index in [-0.39, 0.29) is 17.1 Å². The Hall–Kier alpha value is -3.80. The molecule has 0 saturated heterocycles. The maximum Gasteiger partial charge on any atom is 0.301 e. The van der Waals surface area contributed by atoms with Gasteiger partial charge in [-0.1, -0.05) is 36.4 Å². The molecule has 5 nitrogen and oxygen atoms in total. The molecule has 2 heterocycles. The Morgan fingerprint density at radius 1 is 0.667 bits per heavy atom. The largest absolute Gasteiger partial charge is 0.301 e. The Morgan fingerprint density at radius 3 is 2.07 bits per heavy atom. The summed E-state index contributed by atoms with van der Waals surface area (Å²) in [6.07, 6.45) is 0. The van der Waals surface area contributed by atoms with E-state index >= 15 is 0 Å². The Labute approximate surface area is 153 Å². The van der Waals surface area contributed by atoms with Gasteiger partial charge in [0.1, 0.15) is 11.5 Å². The molecule has 5 rings (SSSR count). The summed E-state index contributed by atoms with van der Waals surface area (Å²) >= 11 is 0. The van der Waals surface area contributed by atoms with E-state index in [0.717, 1.165) is 10.9 Å². The van der Waals surface area contributed by atoms with Crippen molar-refractivity contribution in [1.29, 1.82) is 0 Å². The lowest BCUT2D eigenvalue weighted by Crippen LogP contribution is -2.16. The Morgan fingerprint density at radius 2 is 1.30 bits per heavy atom. The predicted molar refractivity (Wildman–Crippen MR) is 101 cm³/mol. The topological polar surface area (TPSA) is 52.7 Å². The molecule has 2 aliphatic rings. The number of nitrogens with zero attached hydrogens (tertiary/aromatic N) is 4. The van der Waals surface area contributed by atoms with E-state index in [9.17, 15) is 9.18 Å². The van der Waals surface area contributed by atoms with Crippen molar-refractivity contribution >= 4 is 10.9 Å². The van der Waals surface area contributed by atoms with Crippen LogP contribution < -0.4 is 5.56 Å². The molecule has 130 valence electrons. The van der Waals surface area contributed by atoms with Gasteiger partial charge in [0.15, 0.2) is 5.69 Å². The molecule has 0 spiro atoms. The van der Waals surface area contributed by atoms with Crippen molar-refractivity contribution in [2.75, 3.05) is 0 Å². The first-order valence-electron chi connectivity index (χ1n) is 8.44. The second-order valence-electron chi connectivity index (χ2n) is 6.16. The monoisotopic (exact) mass is 356 g/mol. The molecule has 0 saturated carbocycles. The first kappa shape index (κ1) is 15.5. The van der Waals surface area contributed by atoms with Crippen molar-refractivity contribution in [3.63, 3.8) is 0 Å². The lowest BCUT2D eigenvalue weighted by atomic mass is 10.1. The van der Waals surface area contributed by atoms with Crippen LogP contribution in [0.1, 0.15) is 0 Å². The highest BCUT2D eigenvalue weighted by molar-refractivity contribution is 5.92. The molecule has 0 N–H and O–H groups in total. The quantitative estimate of drug-likeness (QED) is 0.483. The molecule has 0 unspecified atom stereocenters. The molecule has 0 bridgehead atoms. The standard InChI is InChI=1S/C21H13FN4O/c22-14-10-12-16(13-11-14)25-18-9-5-4-8-17(18)19-20(24-25)21(27)26(23-19)15-6-2-1-3-7-15/h1-13H. The minimum atomic E-state index is -0.328. The number of para-hydroxylation sites is 2. The van der Waals surface area contributed by atoms with Gasteiger partial charge in [0.25, 0.3) is 0 Å². The number of aromatic nitrogens is 4. The third-order valence-corrected chi connectivity index (χ3v) is 4.48. The van der Waals surface area contributed by atoms with Gasteiger partial charge in [-0.15, -0.1) is 0 Å². The lowest BCUT2D eigenvalue weighted by Gasteiger charge is -2.12. The van der Waals surface area contributed by atoms with Crippen LogP contribution in [0.3, 0.4) is 0 Å². The van der Waals surface area contributed by atoms with Gasteiger partial charge in [0.2, 0.25) is 0 Å². The zero-order valence-electron chi connectivity index (χ0n) is 14.1. The normalized spacial score (nSPS) is 11.3. The summed E-state index contributed by atoms with van der Waals surface area (Å²) in [6.45, 7) is 0. The van der Waals surface area contributed by atoms with Gasteiger partial charge in [-0.2, -0.15) is 14.9 Å². The van der Waals surface area contributed by atoms with Gasteiger partial charge in [-0.25, -0.2) is 9.07 Å². The Kier molecular flexibility index (Phi) is 3.36. The second-order valence-corrected chi connectivity index (χ2v) is 6.16. The van der Waals surface area contributed by atoms with Gasteiger partial charge in [-0.3, -0.25) is 4.79 Å². The fourth-order valence-corrected chi connectivity index (χ4v) is 3.20. The van der Waals surface area contributed by atoms with Gasteiger partial charge in [-0.05, 0) is 42.5 Å². The molecule has 0 aromatic heterocycles.